The van der Waals surface area contributed by atoms with E-state index in [1.54, 1.807) is 17.0 Å². The van der Waals surface area contributed by atoms with E-state index in [4.69, 9.17) is 0 Å². The van der Waals surface area contributed by atoms with Crippen molar-refractivity contribution in [1.29, 1.82) is 0 Å². The molecular formula is C19H20N2O2. The summed E-state index contributed by atoms with van der Waals surface area (Å²) in [5.41, 5.74) is 2.31. The molecule has 0 fully saturated rings. The van der Waals surface area contributed by atoms with Gasteiger partial charge in [0.15, 0.2) is 5.78 Å². The van der Waals surface area contributed by atoms with E-state index in [1.807, 2.05) is 42.5 Å². The largest absolute Gasteiger partial charge is 0.372 e. The van der Waals surface area contributed by atoms with Crippen LogP contribution in [0.2, 0.25) is 0 Å². The van der Waals surface area contributed by atoms with Crippen LogP contribution < -0.4 is 10.2 Å². The Morgan fingerprint density at radius 3 is 2.52 bits per heavy atom. The standard InChI is InChI=1S/C19H20N2O2/c1-2-8-16-19(23)21(17-12-7-6-11-15(17)20-16)13-18(22)14-9-4-3-5-10-14/h3-7,9-12,16,20H,2,8,13H2,1H3. The smallest absolute Gasteiger partial charge is 0.249 e. The first-order chi connectivity index (χ1) is 11.2. The highest BCUT2D eigenvalue weighted by Crippen LogP contribution is 2.32. The Balaban J connectivity index is 1.89. The van der Waals surface area contributed by atoms with Crippen molar-refractivity contribution in [3.05, 3.63) is 60.2 Å². The van der Waals surface area contributed by atoms with Gasteiger partial charge in [0, 0.05) is 5.56 Å². The number of Topliss-reactive ketones (excluding diaryl/α,β-unsaturated/α-hetero) is 1. The number of benzene rings is 2. The SMILES string of the molecule is CCCC1Nc2ccccc2N(CC(=O)c2ccccc2)C1=O. The lowest BCUT2D eigenvalue weighted by Crippen LogP contribution is -2.49. The summed E-state index contributed by atoms with van der Waals surface area (Å²) in [4.78, 5) is 26.9. The first kappa shape index (κ1) is 15.3. The first-order valence-corrected chi connectivity index (χ1v) is 7.96. The van der Waals surface area contributed by atoms with Crippen molar-refractivity contribution >= 4 is 23.1 Å². The van der Waals surface area contributed by atoms with Crippen molar-refractivity contribution in [2.45, 2.75) is 25.8 Å². The topological polar surface area (TPSA) is 49.4 Å². The van der Waals surface area contributed by atoms with Crippen LogP contribution >= 0.6 is 0 Å². The van der Waals surface area contributed by atoms with E-state index in [-0.39, 0.29) is 24.3 Å². The van der Waals surface area contributed by atoms with Gasteiger partial charge in [-0.1, -0.05) is 55.8 Å². The molecule has 3 rings (SSSR count). The number of carbonyl (C=O) groups is 2. The number of anilines is 2. The van der Waals surface area contributed by atoms with Crippen LogP contribution in [0.1, 0.15) is 30.1 Å². The molecule has 1 N–H and O–H groups in total. The predicted octanol–water partition coefficient (Wildman–Crippen LogP) is 3.50. The summed E-state index contributed by atoms with van der Waals surface area (Å²) in [7, 11) is 0. The van der Waals surface area contributed by atoms with Gasteiger partial charge in [-0.15, -0.1) is 0 Å². The molecule has 1 aliphatic heterocycles. The Hall–Kier alpha value is -2.62. The number of nitrogens with one attached hydrogen (secondary N) is 1. The molecule has 0 saturated carbocycles. The second-order valence-corrected chi connectivity index (χ2v) is 5.72. The minimum absolute atomic E-state index is 0.0326. The number of hydrogen-bond donors (Lipinski definition) is 1. The highest BCUT2D eigenvalue weighted by Gasteiger charge is 2.32. The highest BCUT2D eigenvalue weighted by molar-refractivity contribution is 6.10. The van der Waals surface area contributed by atoms with Crippen molar-refractivity contribution in [3.63, 3.8) is 0 Å². The van der Waals surface area contributed by atoms with Gasteiger partial charge in [0.25, 0.3) is 0 Å². The lowest BCUT2D eigenvalue weighted by Gasteiger charge is -2.35. The molecule has 1 aliphatic rings. The second kappa shape index (κ2) is 6.65. The van der Waals surface area contributed by atoms with Crippen LogP contribution in [-0.4, -0.2) is 24.3 Å². The van der Waals surface area contributed by atoms with Gasteiger partial charge in [0.2, 0.25) is 5.91 Å². The molecule has 118 valence electrons. The van der Waals surface area contributed by atoms with Gasteiger partial charge in [0.1, 0.15) is 6.04 Å². The van der Waals surface area contributed by atoms with E-state index in [0.29, 0.717) is 5.56 Å². The normalized spacial score (nSPS) is 16.7. The van der Waals surface area contributed by atoms with Gasteiger partial charge in [-0.2, -0.15) is 0 Å². The van der Waals surface area contributed by atoms with Gasteiger partial charge >= 0.3 is 0 Å². The van der Waals surface area contributed by atoms with E-state index < -0.39 is 0 Å². The fourth-order valence-electron chi connectivity index (χ4n) is 2.89. The Labute approximate surface area is 136 Å². The molecule has 23 heavy (non-hydrogen) atoms. The van der Waals surface area contributed by atoms with Crippen molar-refractivity contribution < 1.29 is 9.59 Å². The van der Waals surface area contributed by atoms with Crippen LogP contribution in [0.3, 0.4) is 0 Å². The summed E-state index contributed by atoms with van der Waals surface area (Å²) in [5, 5.41) is 3.29. The molecule has 0 spiro atoms. The van der Waals surface area contributed by atoms with Gasteiger partial charge in [-0.25, -0.2) is 0 Å². The Morgan fingerprint density at radius 1 is 1.09 bits per heavy atom. The molecule has 2 aromatic rings. The Kier molecular flexibility index (Phi) is 4.42. The molecule has 0 bridgehead atoms. The quantitative estimate of drug-likeness (QED) is 0.860. The van der Waals surface area contributed by atoms with Crippen LogP contribution in [-0.2, 0) is 4.79 Å². The zero-order valence-corrected chi connectivity index (χ0v) is 13.2. The molecule has 1 unspecified atom stereocenters. The number of rotatable bonds is 5. The van der Waals surface area contributed by atoms with Crippen molar-refractivity contribution in [1.82, 2.24) is 0 Å². The average molecular weight is 308 g/mol. The fraction of sp³-hybridized carbons (Fsp3) is 0.263. The molecule has 1 amide bonds. The van der Waals surface area contributed by atoms with Crippen molar-refractivity contribution in [2.75, 3.05) is 16.8 Å². The number of ketones is 1. The summed E-state index contributed by atoms with van der Waals surface area (Å²) < 4.78 is 0. The third-order valence-corrected chi connectivity index (χ3v) is 4.06. The van der Waals surface area contributed by atoms with Crippen molar-refractivity contribution in [2.24, 2.45) is 0 Å². The third-order valence-electron chi connectivity index (χ3n) is 4.06. The molecule has 4 heteroatoms. The summed E-state index contributed by atoms with van der Waals surface area (Å²) >= 11 is 0. The van der Waals surface area contributed by atoms with E-state index in [9.17, 15) is 9.59 Å². The average Bonchev–Trinajstić information content (AvgIpc) is 2.59. The first-order valence-electron chi connectivity index (χ1n) is 7.96. The number of amides is 1. The third kappa shape index (κ3) is 3.11. The molecule has 4 nitrogen and oxygen atoms in total. The van der Waals surface area contributed by atoms with Gasteiger partial charge in [0.05, 0.1) is 17.9 Å². The van der Waals surface area contributed by atoms with E-state index in [0.717, 1.165) is 24.2 Å². The van der Waals surface area contributed by atoms with Crippen LogP contribution in [0.5, 0.6) is 0 Å². The summed E-state index contributed by atoms with van der Waals surface area (Å²) in [6, 6.07) is 16.5. The number of carbonyl (C=O) groups excluding carboxylic acids is 2. The van der Waals surface area contributed by atoms with Crippen LogP contribution in [0, 0.1) is 0 Å². The second-order valence-electron chi connectivity index (χ2n) is 5.72. The number of fused-ring (bicyclic) bond motifs is 1. The number of nitrogens with zero attached hydrogens (tertiary/aromatic N) is 1. The maximum Gasteiger partial charge on any atom is 0.249 e. The minimum atomic E-state index is -0.265. The van der Waals surface area contributed by atoms with Gasteiger partial charge < -0.3 is 10.2 Å². The molecule has 0 aliphatic carbocycles. The number of para-hydroxylation sites is 2. The van der Waals surface area contributed by atoms with Crippen LogP contribution in [0.4, 0.5) is 11.4 Å². The monoisotopic (exact) mass is 308 g/mol. The minimum Gasteiger partial charge on any atom is -0.372 e. The summed E-state index contributed by atoms with van der Waals surface area (Å²) in [6.45, 7) is 2.12. The van der Waals surface area contributed by atoms with E-state index in [1.165, 1.54) is 0 Å². The predicted molar refractivity (Wildman–Crippen MR) is 91.9 cm³/mol. The summed E-state index contributed by atoms with van der Waals surface area (Å²) in [6.07, 6.45) is 1.66. The van der Waals surface area contributed by atoms with Crippen molar-refractivity contribution in [3.8, 4) is 0 Å². The lowest BCUT2D eigenvalue weighted by molar-refractivity contribution is -0.119. The lowest BCUT2D eigenvalue weighted by atomic mass is 10.0. The van der Waals surface area contributed by atoms with E-state index in [2.05, 4.69) is 12.2 Å². The molecule has 1 atom stereocenters. The van der Waals surface area contributed by atoms with Crippen LogP contribution in [0.15, 0.2) is 54.6 Å². The highest BCUT2D eigenvalue weighted by atomic mass is 16.2. The zero-order valence-electron chi connectivity index (χ0n) is 13.2. The Bertz CT molecular complexity index is 712. The maximum atomic E-state index is 12.8. The summed E-state index contributed by atoms with van der Waals surface area (Å²) in [5.74, 6) is -0.0827. The van der Waals surface area contributed by atoms with E-state index >= 15 is 0 Å². The molecule has 0 aromatic heterocycles. The zero-order chi connectivity index (χ0) is 16.2. The molecule has 0 saturated heterocycles. The Morgan fingerprint density at radius 2 is 1.78 bits per heavy atom. The maximum absolute atomic E-state index is 12.8. The van der Waals surface area contributed by atoms with Gasteiger partial charge in [-0.3, -0.25) is 9.59 Å². The van der Waals surface area contributed by atoms with Gasteiger partial charge in [-0.05, 0) is 18.6 Å². The molecular weight excluding hydrogens is 288 g/mol. The fourth-order valence-corrected chi connectivity index (χ4v) is 2.89. The number of hydrogen-bond acceptors (Lipinski definition) is 3. The molecule has 0 radical (unpaired) electrons. The molecule has 1 heterocycles. The molecule has 2 aromatic carbocycles. The van der Waals surface area contributed by atoms with Crippen LogP contribution in [0.25, 0.3) is 0 Å².